The lowest BCUT2D eigenvalue weighted by Gasteiger charge is -2.17. The van der Waals surface area contributed by atoms with Crippen molar-refractivity contribution in [3.8, 4) is 11.3 Å². The molecule has 0 spiro atoms. The highest BCUT2D eigenvalue weighted by Gasteiger charge is 2.41. The van der Waals surface area contributed by atoms with Gasteiger partial charge in [0.2, 0.25) is 16.0 Å². The van der Waals surface area contributed by atoms with Crippen LogP contribution < -0.4 is 10.6 Å². The molecule has 2 aliphatic rings. The maximum atomic E-state index is 14.8. The molecule has 2 aliphatic heterocycles. The highest BCUT2D eigenvalue weighted by Crippen LogP contribution is 2.31. The molecule has 4 aromatic heterocycles. The van der Waals surface area contributed by atoms with Crippen LogP contribution in [0.4, 0.5) is 16.2 Å². The van der Waals surface area contributed by atoms with Crippen LogP contribution in [-0.2, 0) is 10.0 Å². The number of sulfonamides is 1. The highest BCUT2D eigenvalue weighted by molar-refractivity contribution is 7.89. The number of halogens is 1. The van der Waals surface area contributed by atoms with Crippen LogP contribution in [0, 0.1) is 24.6 Å². The lowest BCUT2D eigenvalue weighted by atomic mass is 10.0. The van der Waals surface area contributed by atoms with Crippen molar-refractivity contribution in [2.75, 3.05) is 31.5 Å². The summed E-state index contributed by atoms with van der Waals surface area (Å²) in [6, 6.07) is 5.03. The predicted octanol–water partition coefficient (Wildman–Crippen LogP) is 2.90. The minimum atomic E-state index is -3.62. The Labute approximate surface area is 219 Å². The van der Waals surface area contributed by atoms with Crippen molar-refractivity contribution in [2.24, 2.45) is 11.8 Å². The molecule has 2 fully saturated rings. The van der Waals surface area contributed by atoms with Gasteiger partial charge in [-0.05, 0) is 63.9 Å². The second-order valence-electron chi connectivity index (χ2n) is 10.1. The van der Waals surface area contributed by atoms with Crippen molar-refractivity contribution in [2.45, 2.75) is 31.7 Å². The topological polar surface area (TPSA) is 131 Å². The van der Waals surface area contributed by atoms with E-state index in [-0.39, 0.29) is 22.6 Å². The zero-order chi connectivity index (χ0) is 26.6. The van der Waals surface area contributed by atoms with Gasteiger partial charge in [0.1, 0.15) is 22.2 Å². The standard InChI is InChI=1S/C25H28FN9O2S/c1-14(2)35-15(3)31-24-21(35)6-16(9-29-24)23-20(26)11-30-25(33-23)32-22-5-4-19(10-28-22)38(36,37)34-12-17-7-27-8-18(17)13-34/h4-6,9-11,14,17-18,27H,7-8,12-13H2,1-3H3,(H,28,30,32,33). The Bertz CT molecular complexity index is 1610. The molecule has 0 saturated carbocycles. The van der Waals surface area contributed by atoms with Crippen LogP contribution in [0.15, 0.2) is 41.7 Å². The number of anilines is 2. The van der Waals surface area contributed by atoms with Crippen LogP contribution in [0.5, 0.6) is 0 Å². The van der Waals surface area contributed by atoms with Gasteiger partial charge in [-0.1, -0.05) is 0 Å². The van der Waals surface area contributed by atoms with E-state index in [9.17, 15) is 12.8 Å². The van der Waals surface area contributed by atoms with E-state index in [4.69, 9.17) is 0 Å². The summed E-state index contributed by atoms with van der Waals surface area (Å²) in [6.45, 7) is 8.74. The second-order valence-corrected chi connectivity index (χ2v) is 12.0. The Morgan fingerprint density at radius 3 is 2.50 bits per heavy atom. The summed E-state index contributed by atoms with van der Waals surface area (Å²) >= 11 is 0. The molecule has 0 aliphatic carbocycles. The van der Waals surface area contributed by atoms with E-state index in [0.717, 1.165) is 30.6 Å². The normalized spacial score (nSPS) is 19.9. The number of fused-ring (bicyclic) bond motifs is 2. The SMILES string of the molecule is Cc1nc2ncc(-c3nc(Nc4ccc(S(=O)(=O)N5CC6CNCC6C5)cn4)ncc3F)cc2n1C(C)C. The molecular formula is C25H28FN9O2S. The number of aromatic nitrogens is 6. The number of rotatable bonds is 6. The van der Waals surface area contributed by atoms with E-state index >= 15 is 0 Å². The molecule has 198 valence electrons. The van der Waals surface area contributed by atoms with Crippen molar-refractivity contribution in [3.63, 3.8) is 0 Å². The fourth-order valence-corrected chi connectivity index (χ4v) is 6.88. The smallest absolute Gasteiger partial charge is 0.244 e. The maximum absolute atomic E-state index is 14.8. The van der Waals surface area contributed by atoms with Crippen LogP contribution in [-0.4, -0.2) is 68.4 Å². The molecule has 4 aromatic rings. The predicted molar refractivity (Wildman–Crippen MR) is 140 cm³/mol. The number of hydrogen-bond donors (Lipinski definition) is 2. The fourth-order valence-electron chi connectivity index (χ4n) is 5.38. The van der Waals surface area contributed by atoms with E-state index < -0.39 is 15.8 Å². The van der Waals surface area contributed by atoms with Crippen molar-refractivity contribution in [1.82, 2.24) is 39.1 Å². The molecule has 2 unspecified atom stereocenters. The van der Waals surface area contributed by atoms with Gasteiger partial charge < -0.3 is 15.2 Å². The largest absolute Gasteiger partial charge is 0.324 e. The van der Waals surface area contributed by atoms with Crippen LogP contribution in [0.1, 0.15) is 25.7 Å². The Balaban J connectivity index is 1.24. The van der Waals surface area contributed by atoms with Crippen molar-refractivity contribution >= 4 is 33.0 Å². The van der Waals surface area contributed by atoms with Crippen LogP contribution in [0.3, 0.4) is 0 Å². The van der Waals surface area contributed by atoms with Gasteiger partial charge in [0.15, 0.2) is 11.5 Å². The quantitative estimate of drug-likeness (QED) is 0.381. The van der Waals surface area contributed by atoms with Gasteiger partial charge in [-0.3, -0.25) is 0 Å². The summed E-state index contributed by atoms with van der Waals surface area (Å²) in [5.74, 6) is 1.41. The molecule has 13 heteroatoms. The van der Waals surface area contributed by atoms with Crippen LogP contribution in [0.2, 0.25) is 0 Å². The number of pyridine rings is 2. The molecule has 2 N–H and O–H groups in total. The van der Waals surface area contributed by atoms with E-state index in [2.05, 4.69) is 35.6 Å². The molecule has 6 heterocycles. The average molecular weight is 538 g/mol. The zero-order valence-corrected chi connectivity index (χ0v) is 22.1. The number of imidazole rings is 1. The first-order valence-corrected chi connectivity index (χ1v) is 14.0. The number of aryl methyl sites for hydroxylation is 1. The lowest BCUT2D eigenvalue weighted by molar-refractivity contribution is 0.448. The first-order chi connectivity index (χ1) is 18.2. The highest BCUT2D eigenvalue weighted by atomic mass is 32.2. The molecule has 11 nitrogen and oxygen atoms in total. The van der Waals surface area contributed by atoms with E-state index in [1.165, 1.54) is 18.5 Å². The molecule has 38 heavy (non-hydrogen) atoms. The van der Waals surface area contributed by atoms with Crippen LogP contribution >= 0.6 is 0 Å². The first kappa shape index (κ1) is 24.8. The number of nitrogens with zero attached hydrogens (tertiary/aromatic N) is 7. The number of hydrogen-bond acceptors (Lipinski definition) is 9. The molecule has 0 bridgehead atoms. The van der Waals surface area contributed by atoms with Crippen molar-refractivity contribution < 1.29 is 12.8 Å². The molecule has 2 saturated heterocycles. The first-order valence-electron chi connectivity index (χ1n) is 12.5. The minimum Gasteiger partial charge on any atom is -0.324 e. The molecule has 0 radical (unpaired) electrons. The molecule has 6 rings (SSSR count). The summed E-state index contributed by atoms with van der Waals surface area (Å²) in [4.78, 5) is 21.7. The van der Waals surface area contributed by atoms with Gasteiger partial charge in [0.25, 0.3) is 0 Å². The van der Waals surface area contributed by atoms with Gasteiger partial charge in [-0.25, -0.2) is 37.7 Å². The molecular weight excluding hydrogens is 509 g/mol. The summed E-state index contributed by atoms with van der Waals surface area (Å²) in [6.07, 6.45) is 3.94. The van der Waals surface area contributed by atoms with Crippen molar-refractivity contribution in [1.29, 1.82) is 0 Å². The van der Waals surface area contributed by atoms with Crippen LogP contribution in [0.25, 0.3) is 22.4 Å². The molecule has 2 atom stereocenters. The zero-order valence-electron chi connectivity index (χ0n) is 21.3. The minimum absolute atomic E-state index is 0.0827. The van der Waals surface area contributed by atoms with Gasteiger partial charge in [-0.2, -0.15) is 4.31 Å². The lowest BCUT2D eigenvalue weighted by Crippen LogP contribution is -2.32. The Morgan fingerprint density at radius 1 is 1.05 bits per heavy atom. The maximum Gasteiger partial charge on any atom is 0.244 e. The molecule has 0 aromatic carbocycles. The van der Waals surface area contributed by atoms with E-state index in [1.54, 1.807) is 10.4 Å². The third kappa shape index (κ3) is 4.29. The Morgan fingerprint density at radius 2 is 1.82 bits per heavy atom. The van der Waals surface area contributed by atoms with E-state index in [0.29, 0.717) is 42.0 Å². The second kappa shape index (κ2) is 9.33. The third-order valence-corrected chi connectivity index (χ3v) is 9.04. The van der Waals surface area contributed by atoms with Crippen molar-refractivity contribution in [3.05, 3.63) is 48.4 Å². The van der Waals surface area contributed by atoms with Gasteiger partial charge >= 0.3 is 0 Å². The van der Waals surface area contributed by atoms with Gasteiger partial charge in [0, 0.05) is 37.1 Å². The monoisotopic (exact) mass is 537 g/mol. The summed E-state index contributed by atoms with van der Waals surface area (Å²) in [5.41, 5.74) is 1.95. The average Bonchev–Trinajstić information content (AvgIpc) is 3.58. The molecule has 0 amide bonds. The summed E-state index contributed by atoms with van der Waals surface area (Å²) in [5, 5.41) is 6.25. The summed E-state index contributed by atoms with van der Waals surface area (Å²) in [7, 11) is -3.62. The Kier molecular flexibility index (Phi) is 6.08. The van der Waals surface area contributed by atoms with E-state index in [1.807, 2.05) is 31.4 Å². The third-order valence-electron chi connectivity index (χ3n) is 7.23. The number of nitrogens with one attached hydrogen (secondary N) is 2. The van der Waals surface area contributed by atoms with Gasteiger partial charge in [0.05, 0.1) is 11.7 Å². The van der Waals surface area contributed by atoms with Gasteiger partial charge in [-0.15, -0.1) is 0 Å². The fraction of sp³-hybridized carbons (Fsp3) is 0.400. The summed E-state index contributed by atoms with van der Waals surface area (Å²) < 4.78 is 44.6. The Hall–Kier alpha value is -3.55.